The van der Waals surface area contributed by atoms with Crippen LogP contribution in [0.25, 0.3) is 5.95 Å². The Bertz CT molecular complexity index is 1130. The standard InChI is InChI=1S/C19H18FN5O2/c1-10-9-25(24-13(10)8-11-6-4-5-7-12(11)20)18-22-15-14(16(26)23-18)19(2,3)17(27)21-15/h4-7,9H,8H2,1-3H3,(H2,21,22,23,26,27). The second kappa shape index (κ2) is 5.87. The lowest BCUT2D eigenvalue weighted by molar-refractivity contribution is -0.119. The molecule has 0 spiro atoms. The number of rotatable bonds is 3. The van der Waals surface area contributed by atoms with Crippen LogP contribution >= 0.6 is 0 Å². The van der Waals surface area contributed by atoms with Crippen molar-refractivity contribution in [2.75, 3.05) is 5.32 Å². The molecule has 0 saturated heterocycles. The third-order valence-electron chi connectivity index (χ3n) is 4.86. The largest absolute Gasteiger partial charge is 0.309 e. The molecular weight excluding hydrogens is 349 g/mol. The van der Waals surface area contributed by atoms with E-state index < -0.39 is 5.41 Å². The molecule has 0 fully saturated rings. The molecule has 0 aliphatic carbocycles. The van der Waals surface area contributed by atoms with Gasteiger partial charge in [0.05, 0.1) is 16.7 Å². The molecule has 138 valence electrons. The molecule has 3 heterocycles. The Kier molecular flexibility index (Phi) is 3.73. The zero-order chi connectivity index (χ0) is 19.3. The first-order valence-corrected chi connectivity index (χ1v) is 8.52. The molecule has 1 aliphatic heterocycles. The van der Waals surface area contributed by atoms with Gasteiger partial charge in [0.2, 0.25) is 11.9 Å². The van der Waals surface area contributed by atoms with Crippen LogP contribution in [0, 0.1) is 12.7 Å². The molecule has 2 aromatic heterocycles. The number of halogens is 1. The Labute approximate surface area is 154 Å². The van der Waals surface area contributed by atoms with Crippen molar-refractivity contribution in [3.05, 3.63) is 69.0 Å². The summed E-state index contributed by atoms with van der Waals surface area (Å²) in [5, 5.41) is 7.09. The molecule has 1 aromatic carbocycles. The summed E-state index contributed by atoms with van der Waals surface area (Å²) in [4.78, 5) is 31.6. The molecule has 4 rings (SSSR count). The fraction of sp³-hybridized carbons (Fsp3) is 0.263. The number of nitrogens with one attached hydrogen (secondary N) is 2. The van der Waals surface area contributed by atoms with Gasteiger partial charge in [0.15, 0.2) is 0 Å². The highest BCUT2D eigenvalue weighted by molar-refractivity contribution is 6.04. The first-order valence-electron chi connectivity index (χ1n) is 8.52. The van der Waals surface area contributed by atoms with Crippen molar-refractivity contribution in [3.63, 3.8) is 0 Å². The number of H-pyrrole nitrogens is 1. The number of amides is 1. The van der Waals surface area contributed by atoms with Crippen molar-refractivity contribution in [2.24, 2.45) is 0 Å². The fourth-order valence-electron chi connectivity index (χ4n) is 3.22. The van der Waals surface area contributed by atoms with E-state index >= 15 is 0 Å². The average molecular weight is 367 g/mol. The van der Waals surface area contributed by atoms with Crippen molar-refractivity contribution in [1.29, 1.82) is 0 Å². The van der Waals surface area contributed by atoms with E-state index in [1.807, 2.05) is 6.92 Å². The summed E-state index contributed by atoms with van der Waals surface area (Å²) in [6, 6.07) is 6.53. The smallest absolute Gasteiger partial charge is 0.258 e. The predicted molar refractivity (Wildman–Crippen MR) is 97.6 cm³/mol. The number of aromatic amines is 1. The second-order valence-corrected chi connectivity index (χ2v) is 7.16. The zero-order valence-electron chi connectivity index (χ0n) is 15.1. The minimum absolute atomic E-state index is 0.194. The van der Waals surface area contributed by atoms with E-state index in [9.17, 15) is 14.0 Å². The molecule has 7 nitrogen and oxygen atoms in total. The molecule has 0 bridgehead atoms. The maximum absolute atomic E-state index is 13.9. The first-order chi connectivity index (χ1) is 12.8. The van der Waals surface area contributed by atoms with Gasteiger partial charge in [0.25, 0.3) is 5.56 Å². The topological polar surface area (TPSA) is 92.7 Å². The summed E-state index contributed by atoms with van der Waals surface area (Å²) in [5.41, 5.74) is 1.03. The van der Waals surface area contributed by atoms with Crippen LogP contribution in [0.15, 0.2) is 35.3 Å². The van der Waals surface area contributed by atoms with E-state index in [0.717, 1.165) is 5.56 Å². The number of aromatic nitrogens is 4. The van der Waals surface area contributed by atoms with Gasteiger partial charge in [-0.05, 0) is 38.0 Å². The SMILES string of the molecule is Cc1cn(-c2nc3c(c(=O)[nH]2)C(C)(C)C(=O)N3)nc1Cc1ccccc1F. The number of hydrogen-bond acceptors (Lipinski definition) is 4. The number of anilines is 1. The molecule has 0 unspecified atom stereocenters. The van der Waals surface area contributed by atoms with Crippen molar-refractivity contribution in [2.45, 2.75) is 32.6 Å². The summed E-state index contributed by atoms with van der Waals surface area (Å²) in [7, 11) is 0. The Hall–Kier alpha value is -3.29. The monoisotopic (exact) mass is 367 g/mol. The van der Waals surface area contributed by atoms with Crippen molar-refractivity contribution in [1.82, 2.24) is 19.7 Å². The van der Waals surface area contributed by atoms with Crippen LogP contribution in [-0.4, -0.2) is 25.7 Å². The number of hydrogen-bond donors (Lipinski definition) is 2. The molecule has 27 heavy (non-hydrogen) atoms. The summed E-state index contributed by atoms with van der Waals surface area (Å²) < 4.78 is 15.3. The number of carbonyl (C=O) groups is 1. The summed E-state index contributed by atoms with van der Waals surface area (Å²) in [5.74, 6) is -0.128. The highest BCUT2D eigenvalue weighted by atomic mass is 19.1. The van der Waals surface area contributed by atoms with E-state index in [-0.39, 0.29) is 29.0 Å². The van der Waals surface area contributed by atoms with Crippen LogP contribution in [-0.2, 0) is 16.6 Å². The maximum atomic E-state index is 13.9. The molecule has 0 atom stereocenters. The molecule has 2 N–H and O–H groups in total. The highest BCUT2D eigenvalue weighted by Crippen LogP contribution is 2.33. The van der Waals surface area contributed by atoms with E-state index in [4.69, 9.17) is 0 Å². The van der Waals surface area contributed by atoms with E-state index in [1.54, 1.807) is 38.2 Å². The minimum atomic E-state index is -0.940. The molecule has 3 aromatic rings. The molecule has 8 heteroatoms. The van der Waals surface area contributed by atoms with E-state index in [0.29, 0.717) is 23.2 Å². The average Bonchev–Trinajstić information content (AvgIpc) is 3.07. The quantitative estimate of drug-likeness (QED) is 0.742. The lowest BCUT2D eigenvalue weighted by atomic mass is 9.88. The van der Waals surface area contributed by atoms with Gasteiger partial charge in [-0.2, -0.15) is 10.1 Å². The van der Waals surface area contributed by atoms with Crippen LogP contribution in [0.1, 0.15) is 36.2 Å². The predicted octanol–water partition coefficient (Wildman–Crippen LogP) is 2.22. The van der Waals surface area contributed by atoms with Crippen LogP contribution in [0.4, 0.5) is 10.2 Å². The lowest BCUT2D eigenvalue weighted by Crippen LogP contribution is -2.31. The number of aryl methyl sites for hydroxylation is 1. The van der Waals surface area contributed by atoms with Crippen LogP contribution in [0.5, 0.6) is 0 Å². The summed E-state index contributed by atoms with van der Waals surface area (Å²) in [6.45, 7) is 5.21. The van der Waals surface area contributed by atoms with Gasteiger partial charge in [0, 0.05) is 12.6 Å². The van der Waals surface area contributed by atoms with Crippen LogP contribution in [0.2, 0.25) is 0 Å². The number of carbonyl (C=O) groups excluding carboxylic acids is 1. The van der Waals surface area contributed by atoms with Crippen molar-refractivity contribution < 1.29 is 9.18 Å². The molecule has 0 saturated carbocycles. The van der Waals surface area contributed by atoms with Gasteiger partial charge in [0.1, 0.15) is 11.6 Å². The Morgan fingerprint density at radius 2 is 1.96 bits per heavy atom. The molecular formula is C19H18FN5O2. The van der Waals surface area contributed by atoms with E-state index in [2.05, 4.69) is 20.4 Å². The van der Waals surface area contributed by atoms with Gasteiger partial charge in [-0.15, -0.1) is 0 Å². The van der Waals surface area contributed by atoms with Crippen molar-refractivity contribution >= 4 is 11.7 Å². The number of fused-ring (bicyclic) bond motifs is 1. The van der Waals surface area contributed by atoms with Crippen LogP contribution < -0.4 is 10.9 Å². The normalized spacial score (nSPS) is 14.9. The summed E-state index contributed by atoms with van der Waals surface area (Å²) >= 11 is 0. The second-order valence-electron chi connectivity index (χ2n) is 7.16. The van der Waals surface area contributed by atoms with Crippen molar-refractivity contribution in [3.8, 4) is 5.95 Å². The minimum Gasteiger partial charge on any atom is -0.309 e. The van der Waals surface area contributed by atoms with Gasteiger partial charge < -0.3 is 5.32 Å². The molecule has 1 aliphatic rings. The number of benzene rings is 1. The first kappa shape index (κ1) is 17.1. The van der Waals surface area contributed by atoms with Gasteiger partial charge in [-0.3, -0.25) is 14.6 Å². The Balaban J connectivity index is 1.73. The van der Waals surface area contributed by atoms with Crippen LogP contribution in [0.3, 0.4) is 0 Å². The Morgan fingerprint density at radius 1 is 1.22 bits per heavy atom. The summed E-state index contributed by atoms with van der Waals surface area (Å²) in [6.07, 6.45) is 2.03. The number of nitrogens with zero attached hydrogens (tertiary/aromatic N) is 3. The van der Waals surface area contributed by atoms with Gasteiger partial charge >= 0.3 is 0 Å². The zero-order valence-corrected chi connectivity index (χ0v) is 15.1. The lowest BCUT2D eigenvalue weighted by Gasteiger charge is -2.13. The van der Waals surface area contributed by atoms with Gasteiger partial charge in [-0.25, -0.2) is 9.07 Å². The van der Waals surface area contributed by atoms with E-state index in [1.165, 1.54) is 10.7 Å². The fourth-order valence-corrected chi connectivity index (χ4v) is 3.22. The third kappa shape index (κ3) is 2.73. The molecule has 1 amide bonds. The third-order valence-corrected chi connectivity index (χ3v) is 4.86. The maximum Gasteiger partial charge on any atom is 0.258 e. The van der Waals surface area contributed by atoms with Gasteiger partial charge in [-0.1, -0.05) is 18.2 Å². The Morgan fingerprint density at radius 3 is 2.70 bits per heavy atom. The molecule has 0 radical (unpaired) electrons. The highest BCUT2D eigenvalue weighted by Gasteiger charge is 2.42.